The lowest BCUT2D eigenvalue weighted by Crippen LogP contribution is -2.17. The number of amides is 1. The molecule has 1 N–H and O–H groups in total. The van der Waals surface area contributed by atoms with Crippen molar-refractivity contribution in [2.45, 2.75) is 12.6 Å². The number of thiazole rings is 1. The van der Waals surface area contributed by atoms with Crippen LogP contribution < -0.4 is 10.1 Å². The van der Waals surface area contributed by atoms with Crippen LogP contribution in [0, 0.1) is 0 Å². The molecule has 0 radical (unpaired) electrons. The molecule has 3 rings (SSSR count). The van der Waals surface area contributed by atoms with E-state index in [0.29, 0.717) is 16.6 Å². The molecular weight excluding hydrogens is 377 g/mol. The van der Waals surface area contributed by atoms with Gasteiger partial charge in [0.15, 0.2) is 5.13 Å². The summed E-state index contributed by atoms with van der Waals surface area (Å²) in [6.07, 6.45) is -4.89. The van der Waals surface area contributed by atoms with E-state index in [0.717, 1.165) is 11.6 Å². The van der Waals surface area contributed by atoms with Gasteiger partial charge in [-0.1, -0.05) is 30.3 Å². The van der Waals surface area contributed by atoms with E-state index in [2.05, 4.69) is 10.3 Å². The average Bonchev–Trinajstić information content (AvgIpc) is 3.09. The first-order valence-electron chi connectivity index (χ1n) is 7.92. The number of rotatable bonds is 5. The summed E-state index contributed by atoms with van der Waals surface area (Å²) >= 11 is 1.19. The second-order valence-corrected chi connectivity index (χ2v) is 6.48. The number of anilines is 1. The Morgan fingerprint density at radius 3 is 2.59 bits per heavy atom. The number of ether oxygens (including phenoxy) is 1. The lowest BCUT2D eigenvalue weighted by molar-refractivity contribution is -0.138. The highest BCUT2D eigenvalue weighted by atomic mass is 32.1. The Morgan fingerprint density at radius 2 is 1.85 bits per heavy atom. The van der Waals surface area contributed by atoms with Crippen LogP contribution in [0.15, 0.2) is 53.9 Å². The third kappa shape index (κ3) is 4.46. The van der Waals surface area contributed by atoms with Crippen molar-refractivity contribution in [2.75, 3.05) is 12.4 Å². The van der Waals surface area contributed by atoms with E-state index in [-0.39, 0.29) is 12.0 Å². The van der Waals surface area contributed by atoms with Crippen LogP contribution >= 0.6 is 11.3 Å². The van der Waals surface area contributed by atoms with Crippen LogP contribution in [0.2, 0.25) is 0 Å². The molecule has 0 bridgehead atoms. The number of alkyl halides is 3. The van der Waals surface area contributed by atoms with Crippen molar-refractivity contribution >= 4 is 22.4 Å². The third-order valence-corrected chi connectivity index (χ3v) is 4.56. The Morgan fingerprint density at radius 1 is 1.15 bits per heavy atom. The van der Waals surface area contributed by atoms with Crippen LogP contribution in [0.3, 0.4) is 0 Å². The van der Waals surface area contributed by atoms with E-state index in [9.17, 15) is 18.0 Å². The summed E-state index contributed by atoms with van der Waals surface area (Å²) in [6.45, 7) is 0. The maximum absolute atomic E-state index is 13.0. The first kappa shape index (κ1) is 18.9. The molecule has 1 amide bonds. The summed E-state index contributed by atoms with van der Waals surface area (Å²) in [5, 5.41) is 4.61. The lowest BCUT2D eigenvalue weighted by Gasteiger charge is -2.12. The summed E-state index contributed by atoms with van der Waals surface area (Å²) < 4.78 is 44.4. The third-order valence-electron chi connectivity index (χ3n) is 3.81. The molecule has 0 saturated heterocycles. The number of halogens is 3. The zero-order valence-electron chi connectivity index (χ0n) is 14.2. The molecule has 4 nitrogen and oxygen atoms in total. The zero-order valence-corrected chi connectivity index (χ0v) is 15.0. The van der Waals surface area contributed by atoms with Gasteiger partial charge in [-0.15, -0.1) is 11.3 Å². The number of carbonyl (C=O) groups excluding carboxylic acids is 1. The van der Waals surface area contributed by atoms with E-state index >= 15 is 0 Å². The van der Waals surface area contributed by atoms with Gasteiger partial charge in [-0.2, -0.15) is 13.2 Å². The van der Waals surface area contributed by atoms with Gasteiger partial charge in [0, 0.05) is 10.9 Å². The first-order chi connectivity index (χ1) is 12.9. The molecule has 0 aliphatic carbocycles. The minimum atomic E-state index is -4.50. The fourth-order valence-electron chi connectivity index (χ4n) is 2.60. The molecule has 140 valence electrons. The normalized spacial score (nSPS) is 11.3. The van der Waals surface area contributed by atoms with Crippen LogP contribution in [-0.4, -0.2) is 18.0 Å². The molecule has 0 aliphatic heterocycles. The van der Waals surface area contributed by atoms with E-state index < -0.39 is 17.6 Å². The summed E-state index contributed by atoms with van der Waals surface area (Å²) in [4.78, 5) is 16.5. The Hall–Kier alpha value is -2.87. The molecule has 0 saturated carbocycles. The van der Waals surface area contributed by atoms with Gasteiger partial charge < -0.3 is 10.1 Å². The van der Waals surface area contributed by atoms with E-state index in [4.69, 9.17) is 4.74 Å². The molecule has 0 aliphatic rings. The SMILES string of the molecule is COc1ccccc1-c1csc(NC(=O)Cc2ccccc2C(F)(F)F)n1. The molecule has 0 spiro atoms. The average molecular weight is 392 g/mol. The Kier molecular flexibility index (Phi) is 5.46. The van der Waals surface area contributed by atoms with Gasteiger partial charge >= 0.3 is 6.18 Å². The minimum Gasteiger partial charge on any atom is -0.496 e. The Balaban J connectivity index is 1.74. The maximum Gasteiger partial charge on any atom is 0.416 e. The highest BCUT2D eigenvalue weighted by Gasteiger charge is 2.33. The van der Waals surface area contributed by atoms with E-state index in [1.807, 2.05) is 18.2 Å². The number of para-hydroxylation sites is 1. The molecule has 0 unspecified atom stereocenters. The number of nitrogens with one attached hydrogen (secondary N) is 1. The topological polar surface area (TPSA) is 51.2 Å². The van der Waals surface area contributed by atoms with Gasteiger partial charge in [0.1, 0.15) is 5.75 Å². The number of carbonyl (C=O) groups is 1. The van der Waals surface area contributed by atoms with Gasteiger partial charge in [-0.25, -0.2) is 4.98 Å². The lowest BCUT2D eigenvalue weighted by atomic mass is 10.0. The van der Waals surface area contributed by atoms with Crippen LogP contribution in [-0.2, 0) is 17.4 Å². The summed E-state index contributed by atoms with van der Waals surface area (Å²) in [5.74, 6) is 0.0763. The van der Waals surface area contributed by atoms with Gasteiger partial charge in [-0.05, 0) is 23.8 Å². The van der Waals surface area contributed by atoms with Gasteiger partial charge in [0.2, 0.25) is 5.91 Å². The predicted octanol–water partition coefficient (Wildman–Crippen LogP) is 5.02. The molecule has 8 heteroatoms. The largest absolute Gasteiger partial charge is 0.496 e. The standard InChI is InChI=1S/C19H15F3N2O2S/c1-26-16-9-5-3-7-13(16)15-11-27-18(23-15)24-17(25)10-12-6-2-4-8-14(12)19(20,21)22/h2-9,11H,10H2,1H3,(H,23,24,25). The fourth-order valence-corrected chi connectivity index (χ4v) is 3.33. The quantitative estimate of drug-likeness (QED) is 0.663. The number of hydrogen-bond donors (Lipinski definition) is 1. The van der Waals surface area contributed by atoms with Gasteiger partial charge in [0.05, 0.1) is 24.8 Å². The van der Waals surface area contributed by atoms with Crippen LogP contribution in [0.25, 0.3) is 11.3 Å². The summed E-state index contributed by atoms with van der Waals surface area (Å²) in [6, 6.07) is 12.3. The Bertz CT molecular complexity index is 954. The highest BCUT2D eigenvalue weighted by Crippen LogP contribution is 2.33. The predicted molar refractivity (Wildman–Crippen MR) is 97.9 cm³/mol. The van der Waals surface area contributed by atoms with Crippen molar-refractivity contribution in [1.29, 1.82) is 0 Å². The number of methoxy groups -OCH3 is 1. The molecule has 27 heavy (non-hydrogen) atoms. The molecule has 0 atom stereocenters. The highest BCUT2D eigenvalue weighted by molar-refractivity contribution is 7.14. The summed E-state index contributed by atoms with van der Waals surface area (Å²) in [7, 11) is 1.55. The second-order valence-electron chi connectivity index (χ2n) is 5.62. The monoisotopic (exact) mass is 392 g/mol. The fraction of sp³-hybridized carbons (Fsp3) is 0.158. The summed E-state index contributed by atoms with van der Waals surface area (Å²) in [5.41, 5.74) is 0.487. The smallest absolute Gasteiger partial charge is 0.416 e. The van der Waals surface area contributed by atoms with E-state index in [1.165, 1.54) is 29.5 Å². The van der Waals surface area contributed by atoms with Crippen molar-refractivity contribution in [3.05, 3.63) is 65.0 Å². The van der Waals surface area contributed by atoms with Crippen LogP contribution in [0.5, 0.6) is 5.75 Å². The number of nitrogens with zero attached hydrogens (tertiary/aromatic N) is 1. The van der Waals surface area contributed by atoms with Crippen molar-refractivity contribution in [2.24, 2.45) is 0 Å². The van der Waals surface area contributed by atoms with Crippen molar-refractivity contribution in [1.82, 2.24) is 4.98 Å². The number of benzene rings is 2. The minimum absolute atomic E-state index is 0.0796. The van der Waals surface area contributed by atoms with E-state index in [1.54, 1.807) is 18.6 Å². The maximum atomic E-state index is 13.0. The van der Waals surface area contributed by atoms with Crippen molar-refractivity contribution in [3.63, 3.8) is 0 Å². The molecule has 1 heterocycles. The van der Waals surface area contributed by atoms with Gasteiger partial charge in [0.25, 0.3) is 0 Å². The van der Waals surface area contributed by atoms with Gasteiger partial charge in [-0.3, -0.25) is 4.79 Å². The van der Waals surface area contributed by atoms with Crippen molar-refractivity contribution < 1.29 is 22.7 Å². The number of hydrogen-bond acceptors (Lipinski definition) is 4. The molecule has 3 aromatic rings. The number of aromatic nitrogens is 1. The second kappa shape index (κ2) is 7.79. The molecule has 0 fully saturated rings. The molecule has 1 aromatic heterocycles. The van der Waals surface area contributed by atoms with Crippen molar-refractivity contribution in [3.8, 4) is 17.0 Å². The Labute approximate surface area is 157 Å². The first-order valence-corrected chi connectivity index (χ1v) is 8.80. The van der Waals surface area contributed by atoms with Crippen LogP contribution in [0.1, 0.15) is 11.1 Å². The zero-order chi connectivity index (χ0) is 19.4. The molecule has 2 aromatic carbocycles. The molecular formula is C19H15F3N2O2S. The van der Waals surface area contributed by atoms with Crippen LogP contribution in [0.4, 0.5) is 18.3 Å².